The molecule has 19 heavy (non-hydrogen) atoms. The quantitative estimate of drug-likeness (QED) is 0.906. The van der Waals surface area contributed by atoms with Gasteiger partial charge in [0.1, 0.15) is 0 Å². The highest BCUT2D eigenvalue weighted by Gasteiger charge is 2.37. The van der Waals surface area contributed by atoms with Crippen LogP contribution < -0.4 is 5.32 Å². The fourth-order valence-corrected chi connectivity index (χ4v) is 2.89. The molecule has 2 rings (SSSR count). The zero-order chi connectivity index (χ0) is 13.9. The van der Waals surface area contributed by atoms with E-state index in [1.807, 2.05) is 11.9 Å². The van der Waals surface area contributed by atoms with Gasteiger partial charge in [-0.2, -0.15) is 0 Å². The monoisotopic (exact) mass is 261 g/mol. The third kappa shape index (κ3) is 2.57. The SMILES string of the molecule is CCC1(CC)CCN(C(=O)c2ccncc2NC)C1. The fourth-order valence-electron chi connectivity index (χ4n) is 2.89. The first-order valence-corrected chi connectivity index (χ1v) is 7.07. The Bertz CT molecular complexity index is 454. The Balaban J connectivity index is 2.18. The number of hydrogen-bond donors (Lipinski definition) is 1. The molecule has 0 aromatic carbocycles. The number of hydrogen-bond acceptors (Lipinski definition) is 3. The maximum absolute atomic E-state index is 12.6. The second kappa shape index (κ2) is 5.59. The molecule has 0 saturated carbocycles. The maximum Gasteiger partial charge on any atom is 0.256 e. The number of pyridine rings is 1. The van der Waals surface area contributed by atoms with E-state index < -0.39 is 0 Å². The van der Waals surface area contributed by atoms with Crippen LogP contribution in [-0.4, -0.2) is 35.9 Å². The lowest BCUT2D eigenvalue weighted by Crippen LogP contribution is -2.32. The Morgan fingerprint density at radius 1 is 1.47 bits per heavy atom. The van der Waals surface area contributed by atoms with E-state index in [9.17, 15) is 4.79 Å². The van der Waals surface area contributed by atoms with E-state index in [1.54, 1.807) is 18.5 Å². The molecule has 0 atom stereocenters. The van der Waals surface area contributed by atoms with E-state index in [0.717, 1.165) is 43.6 Å². The van der Waals surface area contributed by atoms with Crippen LogP contribution >= 0.6 is 0 Å². The maximum atomic E-state index is 12.6. The summed E-state index contributed by atoms with van der Waals surface area (Å²) in [6, 6.07) is 1.80. The van der Waals surface area contributed by atoms with Gasteiger partial charge in [0.15, 0.2) is 0 Å². The zero-order valence-electron chi connectivity index (χ0n) is 12.1. The lowest BCUT2D eigenvalue weighted by molar-refractivity contribution is 0.0770. The Morgan fingerprint density at radius 2 is 2.21 bits per heavy atom. The van der Waals surface area contributed by atoms with Gasteiger partial charge in [0.2, 0.25) is 0 Å². The van der Waals surface area contributed by atoms with Crippen molar-refractivity contribution < 1.29 is 4.79 Å². The molecule has 1 N–H and O–H groups in total. The molecule has 2 heterocycles. The van der Waals surface area contributed by atoms with Crippen LogP contribution in [0.15, 0.2) is 18.5 Å². The number of anilines is 1. The highest BCUT2D eigenvalue weighted by Crippen LogP contribution is 2.37. The molecule has 0 aliphatic carbocycles. The molecule has 1 aromatic heterocycles. The van der Waals surface area contributed by atoms with Gasteiger partial charge in [-0.3, -0.25) is 9.78 Å². The minimum absolute atomic E-state index is 0.121. The summed E-state index contributed by atoms with van der Waals surface area (Å²) in [6.07, 6.45) is 6.78. The summed E-state index contributed by atoms with van der Waals surface area (Å²) in [7, 11) is 1.82. The molecule has 1 aliphatic heterocycles. The number of rotatable bonds is 4. The highest BCUT2D eigenvalue weighted by atomic mass is 16.2. The summed E-state index contributed by atoms with van der Waals surface area (Å²) in [5.41, 5.74) is 1.85. The molecule has 1 aliphatic rings. The molecular weight excluding hydrogens is 238 g/mol. The molecule has 1 saturated heterocycles. The van der Waals surface area contributed by atoms with Crippen LogP contribution in [0.2, 0.25) is 0 Å². The summed E-state index contributed by atoms with van der Waals surface area (Å²) in [5, 5.41) is 3.04. The second-order valence-electron chi connectivity index (χ2n) is 5.36. The number of likely N-dealkylation sites (tertiary alicyclic amines) is 1. The van der Waals surface area contributed by atoms with Gasteiger partial charge < -0.3 is 10.2 Å². The van der Waals surface area contributed by atoms with Crippen molar-refractivity contribution in [3.8, 4) is 0 Å². The molecule has 0 bridgehead atoms. The summed E-state index contributed by atoms with van der Waals surface area (Å²) in [5.74, 6) is 0.121. The molecule has 104 valence electrons. The van der Waals surface area contributed by atoms with Crippen molar-refractivity contribution in [2.75, 3.05) is 25.5 Å². The Labute approximate surface area is 115 Å². The second-order valence-corrected chi connectivity index (χ2v) is 5.36. The van der Waals surface area contributed by atoms with Crippen LogP contribution in [0.25, 0.3) is 0 Å². The van der Waals surface area contributed by atoms with Crippen LogP contribution in [-0.2, 0) is 0 Å². The van der Waals surface area contributed by atoms with Crippen LogP contribution in [0.3, 0.4) is 0 Å². The Hall–Kier alpha value is -1.58. The van der Waals surface area contributed by atoms with E-state index in [0.29, 0.717) is 5.41 Å². The van der Waals surface area contributed by atoms with E-state index in [1.165, 1.54) is 0 Å². The Morgan fingerprint density at radius 3 is 2.79 bits per heavy atom. The van der Waals surface area contributed by atoms with Gasteiger partial charge in [-0.25, -0.2) is 0 Å². The number of nitrogens with zero attached hydrogens (tertiary/aromatic N) is 2. The lowest BCUT2D eigenvalue weighted by Gasteiger charge is -2.26. The van der Waals surface area contributed by atoms with Crippen LogP contribution in [0, 0.1) is 5.41 Å². The normalized spacial score (nSPS) is 17.5. The predicted molar refractivity (Wildman–Crippen MR) is 77.3 cm³/mol. The predicted octanol–water partition coefficient (Wildman–Crippen LogP) is 2.78. The van der Waals surface area contributed by atoms with Gasteiger partial charge in [0, 0.05) is 26.3 Å². The van der Waals surface area contributed by atoms with Crippen molar-refractivity contribution in [3.05, 3.63) is 24.0 Å². The van der Waals surface area contributed by atoms with Crippen molar-refractivity contribution >= 4 is 11.6 Å². The molecular formula is C15H23N3O. The Kier molecular flexibility index (Phi) is 4.08. The largest absolute Gasteiger partial charge is 0.386 e. The summed E-state index contributed by atoms with van der Waals surface area (Å²) < 4.78 is 0. The molecule has 0 spiro atoms. The van der Waals surface area contributed by atoms with E-state index >= 15 is 0 Å². The zero-order valence-corrected chi connectivity index (χ0v) is 12.1. The minimum Gasteiger partial charge on any atom is -0.386 e. The topological polar surface area (TPSA) is 45.2 Å². The van der Waals surface area contributed by atoms with Gasteiger partial charge in [0.05, 0.1) is 17.4 Å². The van der Waals surface area contributed by atoms with E-state index in [2.05, 4.69) is 24.1 Å². The first-order chi connectivity index (χ1) is 9.15. The number of carbonyl (C=O) groups is 1. The third-order valence-corrected chi connectivity index (χ3v) is 4.55. The van der Waals surface area contributed by atoms with Gasteiger partial charge in [-0.1, -0.05) is 13.8 Å². The fraction of sp³-hybridized carbons (Fsp3) is 0.600. The first kappa shape index (κ1) is 13.8. The smallest absolute Gasteiger partial charge is 0.256 e. The highest BCUT2D eigenvalue weighted by molar-refractivity contribution is 5.99. The molecule has 4 nitrogen and oxygen atoms in total. The molecule has 1 fully saturated rings. The van der Waals surface area contributed by atoms with Crippen molar-refractivity contribution in [3.63, 3.8) is 0 Å². The van der Waals surface area contributed by atoms with Gasteiger partial charge in [0.25, 0.3) is 5.91 Å². The summed E-state index contributed by atoms with van der Waals surface area (Å²) >= 11 is 0. The average molecular weight is 261 g/mol. The van der Waals surface area contributed by atoms with Crippen LogP contribution in [0.5, 0.6) is 0 Å². The van der Waals surface area contributed by atoms with E-state index in [-0.39, 0.29) is 5.91 Å². The first-order valence-electron chi connectivity index (χ1n) is 7.07. The van der Waals surface area contributed by atoms with Gasteiger partial charge >= 0.3 is 0 Å². The van der Waals surface area contributed by atoms with Crippen molar-refractivity contribution in [2.45, 2.75) is 33.1 Å². The minimum atomic E-state index is 0.121. The number of aromatic nitrogens is 1. The number of nitrogens with one attached hydrogen (secondary N) is 1. The van der Waals surface area contributed by atoms with Crippen molar-refractivity contribution in [1.82, 2.24) is 9.88 Å². The van der Waals surface area contributed by atoms with Crippen LogP contribution in [0.4, 0.5) is 5.69 Å². The summed E-state index contributed by atoms with van der Waals surface area (Å²) in [6.45, 7) is 6.20. The molecule has 4 heteroatoms. The standard InChI is InChI=1S/C15H23N3O/c1-4-15(5-2)7-9-18(11-15)14(19)12-6-8-17-10-13(12)16-3/h6,8,10,16H,4-5,7,9,11H2,1-3H3. The van der Waals surface area contributed by atoms with Gasteiger partial charge in [-0.05, 0) is 30.7 Å². The average Bonchev–Trinajstić information content (AvgIpc) is 2.91. The van der Waals surface area contributed by atoms with Gasteiger partial charge in [-0.15, -0.1) is 0 Å². The molecule has 1 amide bonds. The molecule has 1 aromatic rings. The van der Waals surface area contributed by atoms with E-state index in [4.69, 9.17) is 0 Å². The van der Waals surface area contributed by atoms with Crippen molar-refractivity contribution in [1.29, 1.82) is 0 Å². The molecule has 0 unspecified atom stereocenters. The lowest BCUT2D eigenvalue weighted by atomic mass is 9.82. The third-order valence-electron chi connectivity index (χ3n) is 4.55. The number of carbonyl (C=O) groups excluding carboxylic acids is 1. The summed E-state index contributed by atoms with van der Waals surface area (Å²) in [4.78, 5) is 18.6. The van der Waals surface area contributed by atoms with Crippen molar-refractivity contribution in [2.24, 2.45) is 5.41 Å². The van der Waals surface area contributed by atoms with Crippen LogP contribution in [0.1, 0.15) is 43.5 Å². The molecule has 0 radical (unpaired) electrons. The number of amides is 1.